The van der Waals surface area contributed by atoms with Gasteiger partial charge in [0.1, 0.15) is 4.90 Å². The van der Waals surface area contributed by atoms with Crippen LogP contribution in [0.25, 0.3) is 10.8 Å². The predicted octanol–water partition coefficient (Wildman–Crippen LogP) is 4.14. The summed E-state index contributed by atoms with van der Waals surface area (Å²) in [7, 11) is -4.29. The number of aryl methyl sites for hydroxylation is 1. The van der Waals surface area contributed by atoms with Crippen molar-refractivity contribution < 1.29 is 13.0 Å². The molecule has 0 saturated carbocycles. The lowest BCUT2D eigenvalue weighted by molar-refractivity contribution is 0.484. The Kier molecular flexibility index (Phi) is 3.60. The third kappa shape index (κ3) is 2.81. The van der Waals surface area contributed by atoms with Crippen molar-refractivity contribution in [3.63, 3.8) is 0 Å². The Morgan fingerprint density at radius 1 is 0.955 bits per heavy atom. The van der Waals surface area contributed by atoms with Crippen molar-refractivity contribution in [2.75, 3.05) is 5.32 Å². The number of hydrogen-bond acceptors (Lipinski definition) is 3. The predicted molar refractivity (Wildman–Crippen MR) is 88.2 cm³/mol. The molecule has 112 valence electrons. The Labute approximate surface area is 129 Å². The Morgan fingerprint density at radius 2 is 1.64 bits per heavy atom. The minimum Gasteiger partial charge on any atom is -0.355 e. The van der Waals surface area contributed by atoms with Crippen LogP contribution in [-0.4, -0.2) is 13.0 Å². The fourth-order valence-electron chi connectivity index (χ4n) is 2.50. The molecule has 0 aromatic heterocycles. The van der Waals surface area contributed by atoms with Gasteiger partial charge >= 0.3 is 0 Å². The second kappa shape index (κ2) is 5.44. The first-order valence-electron chi connectivity index (χ1n) is 6.78. The van der Waals surface area contributed by atoms with E-state index in [0.717, 1.165) is 16.6 Å². The van der Waals surface area contributed by atoms with E-state index < -0.39 is 10.1 Å². The topological polar surface area (TPSA) is 66.4 Å². The van der Waals surface area contributed by atoms with Gasteiger partial charge in [-0.1, -0.05) is 36.4 Å². The fourth-order valence-corrected chi connectivity index (χ4v) is 3.24. The molecule has 2 N–H and O–H groups in total. The standard InChI is InChI=1S/C17H15NO3S/c1-12-5-2-8-14(11-12)18-15-9-3-6-13-7-4-10-16(17(13)15)22(19,20)21/h2-11,18H,1H3,(H,19,20,21). The van der Waals surface area contributed by atoms with Crippen LogP contribution in [-0.2, 0) is 10.1 Å². The second-order valence-corrected chi connectivity index (χ2v) is 6.52. The van der Waals surface area contributed by atoms with Crippen LogP contribution in [0.15, 0.2) is 65.6 Å². The Balaban J connectivity index is 2.22. The first kappa shape index (κ1) is 14.6. The summed E-state index contributed by atoms with van der Waals surface area (Å²) in [5.41, 5.74) is 2.59. The smallest absolute Gasteiger partial charge is 0.295 e. The average Bonchev–Trinajstić information content (AvgIpc) is 2.46. The first-order chi connectivity index (χ1) is 10.4. The molecule has 0 amide bonds. The van der Waals surface area contributed by atoms with E-state index in [1.807, 2.05) is 49.4 Å². The number of fused-ring (bicyclic) bond motifs is 1. The summed E-state index contributed by atoms with van der Waals surface area (Å²) < 4.78 is 32.7. The van der Waals surface area contributed by atoms with Gasteiger partial charge in [0, 0.05) is 16.8 Å². The van der Waals surface area contributed by atoms with Gasteiger partial charge in [0.25, 0.3) is 10.1 Å². The van der Waals surface area contributed by atoms with Crippen molar-refractivity contribution in [2.45, 2.75) is 11.8 Å². The minimum atomic E-state index is -4.29. The van der Waals surface area contributed by atoms with E-state index in [2.05, 4.69) is 5.32 Å². The number of hydrogen-bond donors (Lipinski definition) is 2. The molecule has 0 spiro atoms. The second-order valence-electron chi connectivity index (χ2n) is 5.13. The molecule has 0 saturated heterocycles. The maximum absolute atomic E-state index is 11.6. The highest BCUT2D eigenvalue weighted by Gasteiger charge is 2.16. The van der Waals surface area contributed by atoms with Gasteiger partial charge in [-0.15, -0.1) is 0 Å². The first-order valence-corrected chi connectivity index (χ1v) is 8.22. The zero-order valence-corrected chi connectivity index (χ0v) is 12.8. The van der Waals surface area contributed by atoms with Crippen molar-refractivity contribution in [2.24, 2.45) is 0 Å². The lowest BCUT2D eigenvalue weighted by atomic mass is 10.1. The van der Waals surface area contributed by atoms with Crippen LogP contribution < -0.4 is 5.32 Å². The third-order valence-corrected chi connectivity index (χ3v) is 4.34. The van der Waals surface area contributed by atoms with Gasteiger partial charge < -0.3 is 5.32 Å². The molecule has 0 radical (unpaired) electrons. The summed E-state index contributed by atoms with van der Waals surface area (Å²) in [5, 5.41) is 4.45. The van der Waals surface area contributed by atoms with E-state index in [1.165, 1.54) is 6.07 Å². The van der Waals surface area contributed by atoms with E-state index in [9.17, 15) is 13.0 Å². The van der Waals surface area contributed by atoms with Crippen molar-refractivity contribution in [1.82, 2.24) is 0 Å². The number of benzene rings is 3. The van der Waals surface area contributed by atoms with Crippen LogP contribution in [0.3, 0.4) is 0 Å². The third-order valence-electron chi connectivity index (χ3n) is 3.44. The van der Waals surface area contributed by atoms with Gasteiger partial charge in [-0.2, -0.15) is 8.42 Å². The van der Waals surface area contributed by atoms with Gasteiger partial charge in [0.15, 0.2) is 0 Å². The molecular weight excluding hydrogens is 298 g/mol. The van der Waals surface area contributed by atoms with Crippen LogP contribution in [0.2, 0.25) is 0 Å². The van der Waals surface area contributed by atoms with Gasteiger partial charge in [-0.3, -0.25) is 4.55 Å². The molecule has 0 unspecified atom stereocenters. The Hall–Kier alpha value is -2.37. The molecule has 0 aliphatic heterocycles. The number of nitrogens with one attached hydrogen (secondary N) is 1. The molecule has 3 aromatic rings. The molecule has 0 heterocycles. The van der Waals surface area contributed by atoms with Crippen molar-refractivity contribution in [1.29, 1.82) is 0 Å². The maximum Gasteiger partial charge on any atom is 0.295 e. The lowest BCUT2D eigenvalue weighted by Crippen LogP contribution is -2.01. The molecule has 3 aromatic carbocycles. The molecule has 22 heavy (non-hydrogen) atoms. The molecule has 0 aliphatic rings. The highest BCUT2D eigenvalue weighted by molar-refractivity contribution is 7.86. The lowest BCUT2D eigenvalue weighted by Gasteiger charge is -2.12. The van der Waals surface area contributed by atoms with E-state index >= 15 is 0 Å². The molecule has 0 fully saturated rings. The van der Waals surface area contributed by atoms with Gasteiger partial charge in [-0.05, 0) is 42.1 Å². The van der Waals surface area contributed by atoms with Crippen LogP contribution in [0, 0.1) is 6.92 Å². The molecule has 0 atom stereocenters. The summed E-state index contributed by atoms with van der Waals surface area (Å²) in [4.78, 5) is -0.0965. The van der Waals surface area contributed by atoms with E-state index in [4.69, 9.17) is 0 Å². The summed E-state index contributed by atoms with van der Waals surface area (Å²) in [5.74, 6) is 0. The normalized spacial score (nSPS) is 11.5. The van der Waals surface area contributed by atoms with Crippen LogP contribution in [0.1, 0.15) is 5.56 Å². The maximum atomic E-state index is 11.6. The molecule has 4 nitrogen and oxygen atoms in total. The molecule has 3 rings (SSSR count). The molecule has 0 bridgehead atoms. The number of rotatable bonds is 3. The zero-order valence-electron chi connectivity index (χ0n) is 11.9. The SMILES string of the molecule is Cc1cccc(Nc2cccc3cccc(S(=O)(=O)O)c23)c1. The van der Waals surface area contributed by atoms with Crippen molar-refractivity contribution >= 4 is 32.3 Å². The van der Waals surface area contributed by atoms with Crippen molar-refractivity contribution in [3.05, 3.63) is 66.2 Å². The van der Waals surface area contributed by atoms with Crippen LogP contribution >= 0.6 is 0 Å². The minimum absolute atomic E-state index is 0.0965. The summed E-state index contributed by atoms with van der Waals surface area (Å²) in [6.07, 6.45) is 0. The molecular formula is C17H15NO3S. The summed E-state index contributed by atoms with van der Waals surface area (Å²) in [6, 6.07) is 18.0. The monoisotopic (exact) mass is 313 g/mol. The van der Waals surface area contributed by atoms with Crippen LogP contribution in [0.4, 0.5) is 11.4 Å². The van der Waals surface area contributed by atoms with E-state index in [0.29, 0.717) is 11.1 Å². The van der Waals surface area contributed by atoms with Crippen molar-refractivity contribution in [3.8, 4) is 0 Å². The average molecular weight is 313 g/mol. The Morgan fingerprint density at radius 3 is 2.32 bits per heavy atom. The van der Waals surface area contributed by atoms with Gasteiger partial charge in [0.05, 0.1) is 0 Å². The summed E-state index contributed by atoms with van der Waals surface area (Å²) >= 11 is 0. The summed E-state index contributed by atoms with van der Waals surface area (Å²) in [6.45, 7) is 1.98. The molecule has 5 heteroatoms. The number of anilines is 2. The van der Waals surface area contributed by atoms with Crippen LogP contribution in [0.5, 0.6) is 0 Å². The molecule has 0 aliphatic carbocycles. The Bertz CT molecular complexity index is 944. The fraction of sp³-hybridized carbons (Fsp3) is 0.0588. The highest BCUT2D eigenvalue weighted by Crippen LogP contribution is 2.32. The largest absolute Gasteiger partial charge is 0.355 e. The van der Waals surface area contributed by atoms with Gasteiger partial charge in [-0.25, -0.2) is 0 Å². The quantitative estimate of drug-likeness (QED) is 0.713. The highest BCUT2D eigenvalue weighted by atomic mass is 32.2. The van der Waals surface area contributed by atoms with E-state index in [-0.39, 0.29) is 4.90 Å². The van der Waals surface area contributed by atoms with Gasteiger partial charge in [0.2, 0.25) is 0 Å². The zero-order chi connectivity index (χ0) is 15.7. The van der Waals surface area contributed by atoms with E-state index in [1.54, 1.807) is 12.1 Å².